The van der Waals surface area contributed by atoms with Gasteiger partial charge in [-0.3, -0.25) is 9.69 Å². The highest BCUT2D eigenvalue weighted by Gasteiger charge is 2.49. The molecule has 5 nitrogen and oxygen atoms in total. The van der Waals surface area contributed by atoms with Gasteiger partial charge in [-0.25, -0.2) is 0 Å². The van der Waals surface area contributed by atoms with Gasteiger partial charge in [-0.05, 0) is 18.4 Å². The fourth-order valence-corrected chi connectivity index (χ4v) is 4.59. The number of amides is 1. The minimum atomic E-state index is -0.780. The summed E-state index contributed by atoms with van der Waals surface area (Å²) in [5.74, 6) is 0.0326. The van der Waals surface area contributed by atoms with E-state index in [4.69, 9.17) is 4.74 Å². The lowest BCUT2D eigenvalue weighted by Gasteiger charge is -2.36. The van der Waals surface area contributed by atoms with Crippen LogP contribution in [0.1, 0.15) is 31.2 Å². The molecular formula is C20H25N3O2. The summed E-state index contributed by atoms with van der Waals surface area (Å²) in [4.78, 5) is 17.4. The Morgan fingerprint density at radius 1 is 1.24 bits per heavy atom. The van der Waals surface area contributed by atoms with E-state index in [1.807, 2.05) is 11.0 Å². The summed E-state index contributed by atoms with van der Waals surface area (Å²) in [6.07, 6.45) is 3.46. The molecule has 3 aliphatic rings. The summed E-state index contributed by atoms with van der Waals surface area (Å²) < 4.78 is 5.96. The molecule has 1 aromatic rings. The van der Waals surface area contributed by atoms with Crippen molar-refractivity contribution < 1.29 is 9.53 Å². The smallest absolute Gasteiger partial charge is 0.243 e. The standard InChI is InChI=1S/C20H25N3O2/c21-15-20(8-4-5-9-20)19(24)23-13-17-18(14-23)25-11-10-22(17)12-16-6-2-1-3-7-16/h1-3,6-7,17-18H,4-5,8-14H2/t17-,18+/m0/s1. The van der Waals surface area contributed by atoms with Crippen LogP contribution in [0.3, 0.4) is 0 Å². The van der Waals surface area contributed by atoms with Crippen molar-refractivity contribution in [2.75, 3.05) is 26.2 Å². The second-order valence-corrected chi connectivity index (χ2v) is 7.54. The van der Waals surface area contributed by atoms with Crippen LogP contribution >= 0.6 is 0 Å². The Kier molecular flexibility index (Phi) is 4.49. The number of carbonyl (C=O) groups excluding carboxylic acids is 1. The van der Waals surface area contributed by atoms with Crippen LogP contribution in [0.4, 0.5) is 0 Å². The van der Waals surface area contributed by atoms with Crippen molar-refractivity contribution in [3.05, 3.63) is 35.9 Å². The summed E-state index contributed by atoms with van der Waals surface area (Å²) in [6, 6.07) is 13.0. The first-order chi connectivity index (χ1) is 12.2. The minimum Gasteiger partial charge on any atom is -0.373 e. The Bertz CT molecular complexity index is 663. The molecule has 0 aromatic heterocycles. The molecule has 132 valence electrons. The molecule has 2 atom stereocenters. The highest BCUT2D eigenvalue weighted by atomic mass is 16.5. The Morgan fingerprint density at radius 3 is 2.72 bits per heavy atom. The number of fused-ring (bicyclic) bond motifs is 1. The van der Waals surface area contributed by atoms with E-state index in [2.05, 4.69) is 35.2 Å². The van der Waals surface area contributed by atoms with Crippen molar-refractivity contribution in [3.63, 3.8) is 0 Å². The Hall–Kier alpha value is -1.90. The molecule has 0 N–H and O–H groups in total. The lowest BCUT2D eigenvalue weighted by molar-refractivity contribution is -0.138. The fourth-order valence-electron chi connectivity index (χ4n) is 4.59. The van der Waals surface area contributed by atoms with Crippen molar-refractivity contribution in [1.82, 2.24) is 9.80 Å². The molecule has 2 heterocycles. The Morgan fingerprint density at radius 2 is 2.00 bits per heavy atom. The molecule has 1 aromatic carbocycles. The largest absolute Gasteiger partial charge is 0.373 e. The first-order valence-corrected chi connectivity index (χ1v) is 9.32. The van der Waals surface area contributed by atoms with Gasteiger partial charge in [0.25, 0.3) is 0 Å². The van der Waals surface area contributed by atoms with Crippen LogP contribution in [0.2, 0.25) is 0 Å². The average Bonchev–Trinajstić information content (AvgIpc) is 3.30. The summed E-state index contributed by atoms with van der Waals surface area (Å²) >= 11 is 0. The highest BCUT2D eigenvalue weighted by molar-refractivity contribution is 5.86. The lowest BCUT2D eigenvalue weighted by atomic mass is 9.86. The third kappa shape index (κ3) is 3.05. The van der Waals surface area contributed by atoms with Crippen LogP contribution in [0, 0.1) is 16.7 Å². The monoisotopic (exact) mass is 339 g/mol. The topological polar surface area (TPSA) is 56.6 Å². The molecule has 25 heavy (non-hydrogen) atoms. The number of morpholine rings is 1. The van der Waals surface area contributed by atoms with Crippen molar-refractivity contribution in [2.24, 2.45) is 5.41 Å². The van der Waals surface area contributed by atoms with Crippen LogP contribution in [0.15, 0.2) is 30.3 Å². The quantitative estimate of drug-likeness (QED) is 0.847. The molecular weight excluding hydrogens is 314 g/mol. The van der Waals surface area contributed by atoms with Gasteiger partial charge in [0.15, 0.2) is 0 Å². The number of benzene rings is 1. The molecule has 1 saturated carbocycles. The van der Waals surface area contributed by atoms with Gasteiger partial charge in [0, 0.05) is 26.2 Å². The number of carbonyl (C=O) groups is 1. The number of hydrogen-bond acceptors (Lipinski definition) is 4. The van der Waals surface area contributed by atoms with Gasteiger partial charge in [0.1, 0.15) is 5.41 Å². The summed E-state index contributed by atoms with van der Waals surface area (Å²) in [6.45, 7) is 3.79. The molecule has 0 radical (unpaired) electrons. The molecule has 1 aliphatic carbocycles. The van der Waals surface area contributed by atoms with Gasteiger partial charge in [0.2, 0.25) is 5.91 Å². The zero-order valence-electron chi connectivity index (χ0n) is 14.6. The highest BCUT2D eigenvalue weighted by Crippen LogP contribution is 2.40. The van der Waals surface area contributed by atoms with Crippen LogP contribution in [-0.2, 0) is 16.1 Å². The number of ether oxygens (including phenoxy) is 1. The van der Waals surface area contributed by atoms with E-state index in [0.717, 1.165) is 25.9 Å². The molecule has 5 heteroatoms. The first kappa shape index (κ1) is 16.6. The second kappa shape index (κ2) is 6.78. The van der Waals surface area contributed by atoms with Crippen LogP contribution in [0.25, 0.3) is 0 Å². The molecule has 4 rings (SSSR count). The maximum Gasteiger partial charge on any atom is 0.243 e. The van der Waals surface area contributed by atoms with E-state index in [0.29, 0.717) is 32.5 Å². The molecule has 0 unspecified atom stereocenters. The molecule has 1 amide bonds. The van der Waals surface area contributed by atoms with Crippen molar-refractivity contribution in [3.8, 4) is 6.07 Å². The summed E-state index contributed by atoms with van der Waals surface area (Å²) in [5, 5.41) is 9.61. The number of nitriles is 1. The van der Waals surface area contributed by atoms with Gasteiger partial charge >= 0.3 is 0 Å². The zero-order valence-corrected chi connectivity index (χ0v) is 14.6. The maximum atomic E-state index is 13.0. The van der Waals surface area contributed by atoms with Gasteiger partial charge in [-0.15, -0.1) is 0 Å². The maximum absolute atomic E-state index is 13.0. The SMILES string of the molecule is N#CC1(C(=O)N2C[C@H]3OCCN(Cc4ccccc4)[C@H]3C2)CCCC1. The third-order valence-corrected chi connectivity index (χ3v) is 6.01. The van der Waals surface area contributed by atoms with Crippen molar-refractivity contribution >= 4 is 5.91 Å². The molecule has 0 spiro atoms. The van der Waals surface area contributed by atoms with Crippen LogP contribution < -0.4 is 0 Å². The van der Waals surface area contributed by atoms with E-state index in [1.54, 1.807) is 0 Å². The van der Waals surface area contributed by atoms with Gasteiger partial charge in [-0.1, -0.05) is 43.2 Å². The third-order valence-electron chi connectivity index (χ3n) is 6.01. The van der Waals surface area contributed by atoms with Crippen molar-refractivity contribution in [1.29, 1.82) is 5.26 Å². The van der Waals surface area contributed by atoms with E-state index in [9.17, 15) is 10.1 Å². The van der Waals surface area contributed by atoms with Crippen LogP contribution in [-0.4, -0.2) is 54.1 Å². The van der Waals surface area contributed by atoms with E-state index in [1.165, 1.54) is 5.56 Å². The molecule has 2 aliphatic heterocycles. The lowest BCUT2D eigenvalue weighted by Crippen LogP contribution is -2.50. The zero-order chi connectivity index (χ0) is 17.3. The van der Waals surface area contributed by atoms with E-state index >= 15 is 0 Å². The minimum absolute atomic E-state index is 0.0326. The second-order valence-electron chi connectivity index (χ2n) is 7.54. The number of likely N-dealkylation sites (tertiary alicyclic amines) is 1. The molecule has 3 fully saturated rings. The molecule has 0 bridgehead atoms. The average molecular weight is 339 g/mol. The van der Waals surface area contributed by atoms with Crippen LogP contribution in [0.5, 0.6) is 0 Å². The Labute approximate surface area is 149 Å². The summed E-state index contributed by atoms with van der Waals surface area (Å²) in [5.41, 5.74) is 0.509. The Balaban J connectivity index is 1.47. The fraction of sp³-hybridized carbons (Fsp3) is 0.600. The van der Waals surface area contributed by atoms with Gasteiger partial charge in [-0.2, -0.15) is 5.26 Å². The summed E-state index contributed by atoms with van der Waals surface area (Å²) in [7, 11) is 0. The predicted molar refractivity (Wildman–Crippen MR) is 93.5 cm³/mol. The van der Waals surface area contributed by atoms with Crippen molar-refractivity contribution in [2.45, 2.75) is 44.4 Å². The van der Waals surface area contributed by atoms with Gasteiger partial charge in [0.05, 0.1) is 24.8 Å². The molecule has 2 saturated heterocycles. The predicted octanol–water partition coefficient (Wildman–Crippen LogP) is 2.18. The van der Waals surface area contributed by atoms with E-state index in [-0.39, 0.29) is 18.1 Å². The number of nitrogens with zero attached hydrogens (tertiary/aromatic N) is 3. The number of rotatable bonds is 3. The van der Waals surface area contributed by atoms with E-state index < -0.39 is 5.41 Å². The first-order valence-electron chi connectivity index (χ1n) is 9.32. The van der Waals surface area contributed by atoms with Gasteiger partial charge < -0.3 is 9.64 Å². The normalized spacial score (nSPS) is 28.5. The number of hydrogen-bond donors (Lipinski definition) is 0.